The predicted octanol–water partition coefficient (Wildman–Crippen LogP) is 4.02. The summed E-state index contributed by atoms with van der Waals surface area (Å²) in [5.41, 5.74) is 2.64. The van der Waals surface area contributed by atoms with Crippen LogP contribution >= 0.6 is 0 Å². The molecule has 1 aliphatic rings. The molecule has 5 heteroatoms. The number of fused-ring (bicyclic) bond motifs is 3. The van der Waals surface area contributed by atoms with Crippen molar-refractivity contribution in [3.05, 3.63) is 42.5 Å². The van der Waals surface area contributed by atoms with E-state index in [1.54, 1.807) is 0 Å². The van der Waals surface area contributed by atoms with Gasteiger partial charge in [-0.15, -0.1) is 0 Å². The van der Waals surface area contributed by atoms with Crippen LogP contribution in [-0.4, -0.2) is 42.1 Å². The van der Waals surface area contributed by atoms with Crippen molar-refractivity contribution in [3.8, 4) is 0 Å². The molecule has 2 heterocycles. The number of hydrogen-bond acceptors (Lipinski definition) is 4. The molecule has 0 spiro atoms. The number of carbonyl (C=O) groups excluding carboxylic acids is 1. The summed E-state index contributed by atoms with van der Waals surface area (Å²) in [5.74, 6) is 0.101. The molecule has 1 aromatic heterocycles. The first-order chi connectivity index (χ1) is 12.5. The van der Waals surface area contributed by atoms with Crippen LogP contribution in [-0.2, 0) is 9.53 Å². The van der Waals surface area contributed by atoms with Crippen LogP contribution in [0.5, 0.6) is 0 Å². The van der Waals surface area contributed by atoms with E-state index < -0.39 is 0 Å². The third-order valence-electron chi connectivity index (χ3n) is 4.86. The molecule has 1 N–H and O–H groups in total. The van der Waals surface area contributed by atoms with Gasteiger partial charge in [0.2, 0.25) is 5.91 Å². The number of morpholine rings is 1. The second kappa shape index (κ2) is 6.65. The average Bonchev–Trinajstić information content (AvgIpc) is 2.98. The van der Waals surface area contributed by atoms with Gasteiger partial charge in [-0.2, -0.15) is 0 Å². The van der Waals surface area contributed by atoms with Gasteiger partial charge in [0.1, 0.15) is 17.2 Å². The molecule has 1 aliphatic heterocycles. The van der Waals surface area contributed by atoms with E-state index in [-0.39, 0.29) is 24.2 Å². The van der Waals surface area contributed by atoms with Crippen LogP contribution in [0.2, 0.25) is 0 Å². The number of para-hydroxylation sites is 1. The minimum Gasteiger partial charge on any atom is -0.456 e. The van der Waals surface area contributed by atoms with Gasteiger partial charge in [-0.25, -0.2) is 0 Å². The molecule has 1 saturated heterocycles. The summed E-state index contributed by atoms with van der Waals surface area (Å²) < 4.78 is 11.6. The van der Waals surface area contributed by atoms with Crippen LogP contribution in [0.3, 0.4) is 0 Å². The molecule has 1 amide bonds. The van der Waals surface area contributed by atoms with Crippen LogP contribution < -0.4 is 5.32 Å². The van der Waals surface area contributed by atoms with Crippen molar-refractivity contribution in [2.45, 2.75) is 39.0 Å². The molecule has 26 heavy (non-hydrogen) atoms. The fourth-order valence-corrected chi connectivity index (χ4v) is 3.76. The fraction of sp³-hybridized carbons (Fsp3) is 0.381. The summed E-state index contributed by atoms with van der Waals surface area (Å²) >= 11 is 0. The zero-order chi connectivity index (χ0) is 18.3. The second-order valence-corrected chi connectivity index (χ2v) is 7.18. The maximum atomic E-state index is 12.8. The predicted molar refractivity (Wildman–Crippen MR) is 103 cm³/mol. The first kappa shape index (κ1) is 16.9. The van der Waals surface area contributed by atoms with Crippen LogP contribution in [0.25, 0.3) is 21.9 Å². The first-order valence-electron chi connectivity index (χ1n) is 9.13. The lowest BCUT2D eigenvalue weighted by molar-refractivity contribution is -0.143. The second-order valence-electron chi connectivity index (χ2n) is 7.18. The number of nitrogens with zero attached hydrogens (tertiary/aromatic N) is 1. The molecule has 5 nitrogen and oxygen atoms in total. The van der Waals surface area contributed by atoms with Crippen LogP contribution in [0.15, 0.2) is 46.9 Å². The number of hydrogen-bond donors (Lipinski definition) is 1. The Hall–Kier alpha value is -2.53. The van der Waals surface area contributed by atoms with Crippen molar-refractivity contribution in [2.75, 3.05) is 18.4 Å². The van der Waals surface area contributed by atoms with Crippen molar-refractivity contribution >= 4 is 33.5 Å². The molecule has 3 aromatic rings. The smallest absolute Gasteiger partial charge is 0.244 e. The number of rotatable bonds is 3. The molecule has 4 rings (SSSR count). The Balaban J connectivity index is 1.54. The maximum Gasteiger partial charge on any atom is 0.244 e. The molecule has 1 fully saturated rings. The third kappa shape index (κ3) is 3.15. The fourth-order valence-electron chi connectivity index (χ4n) is 3.76. The summed E-state index contributed by atoms with van der Waals surface area (Å²) in [6, 6.07) is 13.6. The molecule has 136 valence electrons. The van der Waals surface area contributed by atoms with Crippen molar-refractivity contribution in [1.82, 2.24) is 4.90 Å². The number of benzene rings is 2. The van der Waals surface area contributed by atoms with Gasteiger partial charge in [-0.3, -0.25) is 4.79 Å². The van der Waals surface area contributed by atoms with Crippen LogP contribution in [0.1, 0.15) is 20.8 Å². The lowest BCUT2D eigenvalue weighted by atomic mass is 10.1. The SMILES string of the molecule is C[C@H]1CN(C(=O)[C@@H](C)Nc2ccc3oc4ccccc4c3c2)C[C@H](C)O1. The normalized spacial score (nSPS) is 21.9. The van der Waals surface area contributed by atoms with Crippen molar-refractivity contribution in [2.24, 2.45) is 0 Å². The minimum absolute atomic E-state index is 0.0727. The van der Waals surface area contributed by atoms with E-state index in [0.29, 0.717) is 13.1 Å². The van der Waals surface area contributed by atoms with Crippen LogP contribution in [0, 0.1) is 0 Å². The van der Waals surface area contributed by atoms with Crippen LogP contribution in [0.4, 0.5) is 5.69 Å². The highest BCUT2D eigenvalue weighted by Gasteiger charge is 2.28. The lowest BCUT2D eigenvalue weighted by Crippen LogP contribution is -2.52. The minimum atomic E-state index is -0.303. The Morgan fingerprint density at radius 1 is 1.08 bits per heavy atom. The monoisotopic (exact) mass is 352 g/mol. The zero-order valence-electron chi connectivity index (χ0n) is 15.4. The average molecular weight is 352 g/mol. The largest absolute Gasteiger partial charge is 0.456 e. The molecule has 2 aromatic carbocycles. The summed E-state index contributed by atoms with van der Waals surface area (Å²) in [6.45, 7) is 7.20. The van der Waals surface area contributed by atoms with E-state index in [1.807, 2.05) is 56.0 Å². The highest BCUT2D eigenvalue weighted by molar-refractivity contribution is 6.06. The lowest BCUT2D eigenvalue weighted by Gasteiger charge is -2.36. The molecule has 0 unspecified atom stereocenters. The quantitative estimate of drug-likeness (QED) is 0.773. The molecular formula is C21H24N2O3. The van der Waals surface area contributed by atoms with Crippen molar-refractivity contribution < 1.29 is 13.9 Å². The Morgan fingerprint density at radius 3 is 2.54 bits per heavy atom. The van der Waals surface area contributed by atoms with Gasteiger partial charge in [0, 0.05) is 29.5 Å². The van der Waals surface area contributed by atoms with E-state index >= 15 is 0 Å². The van der Waals surface area contributed by atoms with Gasteiger partial charge in [0.25, 0.3) is 0 Å². The van der Waals surface area contributed by atoms with E-state index in [1.165, 1.54) is 0 Å². The van der Waals surface area contributed by atoms with Gasteiger partial charge in [-0.1, -0.05) is 18.2 Å². The first-order valence-corrected chi connectivity index (χ1v) is 9.13. The number of furan rings is 1. The molecule has 0 radical (unpaired) electrons. The van der Waals surface area contributed by atoms with Gasteiger partial charge < -0.3 is 19.4 Å². The molecule has 0 aliphatic carbocycles. The Labute approximate surface area is 152 Å². The topological polar surface area (TPSA) is 54.7 Å². The summed E-state index contributed by atoms with van der Waals surface area (Å²) in [5, 5.41) is 5.48. The Bertz CT molecular complexity index is 939. The molecule has 0 bridgehead atoms. The Kier molecular flexibility index (Phi) is 4.32. The number of nitrogens with one attached hydrogen (secondary N) is 1. The van der Waals surface area contributed by atoms with Gasteiger partial charge >= 0.3 is 0 Å². The standard InChI is InChI=1S/C21H24N2O3/c1-13-11-23(12-14(2)25-13)21(24)15(3)22-16-8-9-20-18(10-16)17-6-4-5-7-19(17)26-20/h4-10,13-15,22H,11-12H2,1-3H3/t13-,14-,15+/m0/s1. The summed E-state index contributed by atoms with van der Waals surface area (Å²) in [7, 11) is 0. The summed E-state index contributed by atoms with van der Waals surface area (Å²) in [6.07, 6.45) is 0.145. The molecular weight excluding hydrogens is 328 g/mol. The van der Waals surface area contributed by atoms with Gasteiger partial charge in [0.15, 0.2) is 0 Å². The Morgan fingerprint density at radius 2 is 1.77 bits per heavy atom. The van der Waals surface area contributed by atoms with Gasteiger partial charge in [-0.05, 0) is 45.0 Å². The van der Waals surface area contributed by atoms with Gasteiger partial charge in [0.05, 0.1) is 12.2 Å². The van der Waals surface area contributed by atoms with E-state index in [0.717, 1.165) is 27.6 Å². The summed E-state index contributed by atoms with van der Waals surface area (Å²) in [4.78, 5) is 14.7. The number of ether oxygens (including phenoxy) is 1. The van der Waals surface area contributed by atoms with Crippen molar-refractivity contribution in [3.63, 3.8) is 0 Å². The number of carbonyl (C=O) groups is 1. The maximum absolute atomic E-state index is 12.8. The third-order valence-corrected chi connectivity index (χ3v) is 4.86. The number of amides is 1. The highest BCUT2D eigenvalue weighted by atomic mass is 16.5. The highest BCUT2D eigenvalue weighted by Crippen LogP contribution is 2.30. The number of anilines is 1. The molecule has 3 atom stereocenters. The zero-order valence-corrected chi connectivity index (χ0v) is 15.4. The van der Waals surface area contributed by atoms with E-state index in [4.69, 9.17) is 9.15 Å². The molecule has 0 saturated carbocycles. The van der Waals surface area contributed by atoms with Crippen molar-refractivity contribution in [1.29, 1.82) is 0 Å². The van der Waals surface area contributed by atoms with E-state index in [2.05, 4.69) is 17.4 Å². The van der Waals surface area contributed by atoms with E-state index in [9.17, 15) is 4.79 Å².